The van der Waals surface area contributed by atoms with Crippen molar-refractivity contribution in [1.29, 1.82) is 0 Å². The van der Waals surface area contributed by atoms with Crippen LogP contribution in [-0.2, 0) is 12.0 Å². The van der Waals surface area contributed by atoms with Crippen LogP contribution < -0.4 is 4.74 Å². The number of aliphatic hydroxyl groups is 1. The fourth-order valence-electron chi connectivity index (χ4n) is 1.99. The first-order valence-corrected chi connectivity index (χ1v) is 6.87. The number of hydrogen-bond acceptors (Lipinski definition) is 3. The summed E-state index contributed by atoms with van der Waals surface area (Å²) in [7, 11) is 1.58. The van der Waals surface area contributed by atoms with Crippen molar-refractivity contribution in [2.45, 2.75) is 18.9 Å². The van der Waals surface area contributed by atoms with Gasteiger partial charge in [-0.25, -0.2) is 4.39 Å². The topological polar surface area (TPSA) is 42.4 Å². The summed E-state index contributed by atoms with van der Waals surface area (Å²) in [6, 6.07) is 6.81. The van der Waals surface area contributed by atoms with E-state index in [0.29, 0.717) is 17.7 Å². The molecule has 1 atom stereocenters. The first-order chi connectivity index (χ1) is 9.42. The lowest BCUT2D eigenvalue weighted by molar-refractivity contribution is 0.0567. The monoisotopic (exact) mass is 339 g/mol. The number of benzene rings is 1. The number of hydrogen-bond donors (Lipinski definition) is 1. The maximum absolute atomic E-state index is 13.2. The second kappa shape index (κ2) is 5.89. The minimum atomic E-state index is -1.22. The first-order valence-electron chi connectivity index (χ1n) is 6.08. The molecule has 0 amide bonds. The predicted octanol–water partition coefficient (Wildman–Crippen LogP) is 3.44. The van der Waals surface area contributed by atoms with Gasteiger partial charge in [-0.15, -0.1) is 0 Å². The molecule has 0 saturated heterocycles. The number of nitrogens with zero attached hydrogens (tertiary/aromatic N) is 1. The van der Waals surface area contributed by atoms with Gasteiger partial charge < -0.3 is 9.84 Å². The normalized spacial score (nSPS) is 13.8. The molecule has 20 heavy (non-hydrogen) atoms. The van der Waals surface area contributed by atoms with Gasteiger partial charge in [-0.05, 0) is 36.8 Å². The van der Waals surface area contributed by atoms with Gasteiger partial charge in [0.25, 0.3) is 0 Å². The molecule has 0 spiro atoms. The van der Waals surface area contributed by atoms with Gasteiger partial charge in [0.05, 0.1) is 18.9 Å². The SMILES string of the molecule is COc1ccc(Br)c(CC(C)(O)c2cncc(F)c2)c1. The Kier molecular flexibility index (Phi) is 4.40. The van der Waals surface area contributed by atoms with Crippen LogP contribution in [0.1, 0.15) is 18.1 Å². The molecule has 1 aromatic heterocycles. The summed E-state index contributed by atoms with van der Waals surface area (Å²) >= 11 is 3.44. The zero-order chi connectivity index (χ0) is 14.8. The van der Waals surface area contributed by atoms with Crippen molar-refractivity contribution in [2.75, 3.05) is 7.11 Å². The average Bonchev–Trinajstić information content (AvgIpc) is 2.41. The van der Waals surface area contributed by atoms with Crippen LogP contribution in [0.25, 0.3) is 0 Å². The third-order valence-corrected chi connectivity index (χ3v) is 3.89. The van der Waals surface area contributed by atoms with E-state index in [1.54, 1.807) is 14.0 Å². The maximum Gasteiger partial charge on any atom is 0.141 e. The van der Waals surface area contributed by atoms with E-state index in [9.17, 15) is 9.50 Å². The lowest BCUT2D eigenvalue weighted by atomic mass is 9.90. The van der Waals surface area contributed by atoms with Crippen molar-refractivity contribution >= 4 is 15.9 Å². The number of halogens is 2. The molecule has 0 bridgehead atoms. The number of aromatic nitrogens is 1. The Bertz CT molecular complexity index is 617. The van der Waals surface area contributed by atoms with Gasteiger partial charge in [-0.1, -0.05) is 15.9 Å². The largest absolute Gasteiger partial charge is 0.497 e. The number of ether oxygens (including phenoxy) is 1. The summed E-state index contributed by atoms with van der Waals surface area (Å²) in [4.78, 5) is 3.78. The minimum absolute atomic E-state index is 0.315. The van der Waals surface area contributed by atoms with Gasteiger partial charge in [0, 0.05) is 22.7 Å². The van der Waals surface area contributed by atoms with Crippen LogP contribution in [0.2, 0.25) is 0 Å². The average molecular weight is 340 g/mol. The number of methoxy groups -OCH3 is 1. The molecular weight excluding hydrogens is 325 g/mol. The Hall–Kier alpha value is -1.46. The molecule has 0 saturated carbocycles. The molecule has 0 aliphatic rings. The molecule has 0 radical (unpaired) electrons. The Balaban J connectivity index is 2.32. The second-order valence-electron chi connectivity index (χ2n) is 4.80. The molecule has 2 aromatic rings. The highest BCUT2D eigenvalue weighted by Crippen LogP contribution is 2.30. The van der Waals surface area contributed by atoms with Crippen molar-refractivity contribution in [1.82, 2.24) is 4.98 Å². The van der Waals surface area contributed by atoms with Crippen molar-refractivity contribution < 1.29 is 14.2 Å². The summed E-state index contributed by atoms with van der Waals surface area (Å²) in [5.41, 5.74) is 0.0927. The number of pyridine rings is 1. The highest BCUT2D eigenvalue weighted by molar-refractivity contribution is 9.10. The third-order valence-electron chi connectivity index (χ3n) is 3.11. The smallest absolute Gasteiger partial charge is 0.141 e. The highest BCUT2D eigenvalue weighted by Gasteiger charge is 2.25. The van der Waals surface area contributed by atoms with Crippen molar-refractivity contribution in [3.63, 3.8) is 0 Å². The van der Waals surface area contributed by atoms with E-state index in [-0.39, 0.29) is 0 Å². The van der Waals surface area contributed by atoms with Gasteiger partial charge >= 0.3 is 0 Å². The lowest BCUT2D eigenvalue weighted by Crippen LogP contribution is -2.25. The Morgan fingerprint density at radius 1 is 1.35 bits per heavy atom. The molecule has 5 heteroatoms. The van der Waals surface area contributed by atoms with Crippen molar-refractivity contribution in [3.8, 4) is 5.75 Å². The van der Waals surface area contributed by atoms with Crippen LogP contribution in [0.15, 0.2) is 41.1 Å². The molecule has 2 rings (SSSR count). The second-order valence-corrected chi connectivity index (χ2v) is 5.65. The Morgan fingerprint density at radius 2 is 2.10 bits per heavy atom. The van der Waals surface area contributed by atoms with E-state index < -0.39 is 11.4 Å². The van der Waals surface area contributed by atoms with E-state index in [1.807, 2.05) is 18.2 Å². The van der Waals surface area contributed by atoms with Crippen molar-refractivity contribution in [3.05, 3.63) is 58.1 Å². The zero-order valence-corrected chi connectivity index (χ0v) is 12.8. The van der Waals surface area contributed by atoms with Gasteiger partial charge in [0.1, 0.15) is 11.6 Å². The van der Waals surface area contributed by atoms with Crippen LogP contribution in [0.3, 0.4) is 0 Å². The zero-order valence-electron chi connectivity index (χ0n) is 11.2. The number of rotatable bonds is 4. The molecule has 1 aromatic carbocycles. The quantitative estimate of drug-likeness (QED) is 0.927. The van der Waals surface area contributed by atoms with Crippen LogP contribution in [0, 0.1) is 5.82 Å². The van der Waals surface area contributed by atoms with Crippen LogP contribution in [0.4, 0.5) is 4.39 Å². The molecule has 0 fully saturated rings. The molecular formula is C15H15BrFNO2. The molecule has 106 valence electrons. The van der Waals surface area contributed by atoms with E-state index in [1.165, 1.54) is 12.3 Å². The fraction of sp³-hybridized carbons (Fsp3) is 0.267. The van der Waals surface area contributed by atoms with Crippen LogP contribution in [-0.4, -0.2) is 17.2 Å². The summed E-state index contributed by atoms with van der Waals surface area (Å²) in [6.45, 7) is 1.63. The molecule has 1 heterocycles. The standard InChI is InChI=1S/C15H15BrFNO2/c1-15(19,11-6-12(17)9-18-8-11)7-10-5-13(20-2)3-4-14(10)16/h3-6,8-9,19H,7H2,1-2H3. The van der Waals surface area contributed by atoms with E-state index in [0.717, 1.165) is 16.2 Å². The molecule has 0 aliphatic heterocycles. The Morgan fingerprint density at radius 3 is 2.75 bits per heavy atom. The van der Waals surface area contributed by atoms with Gasteiger partial charge in [-0.3, -0.25) is 4.98 Å². The van der Waals surface area contributed by atoms with Crippen molar-refractivity contribution in [2.24, 2.45) is 0 Å². The van der Waals surface area contributed by atoms with Gasteiger partial charge in [0.15, 0.2) is 0 Å². The molecule has 1 N–H and O–H groups in total. The predicted molar refractivity (Wildman–Crippen MR) is 78.2 cm³/mol. The lowest BCUT2D eigenvalue weighted by Gasteiger charge is -2.24. The first kappa shape index (κ1) is 14.9. The van der Waals surface area contributed by atoms with Crippen LogP contribution >= 0.6 is 15.9 Å². The van der Waals surface area contributed by atoms with Crippen LogP contribution in [0.5, 0.6) is 5.75 Å². The fourth-order valence-corrected chi connectivity index (χ4v) is 2.38. The molecule has 0 aliphatic carbocycles. The summed E-state index contributed by atoms with van der Waals surface area (Å²) in [5, 5.41) is 10.6. The van der Waals surface area contributed by atoms with E-state index >= 15 is 0 Å². The summed E-state index contributed by atoms with van der Waals surface area (Å²) < 4.78 is 19.3. The van der Waals surface area contributed by atoms with Gasteiger partial charge in [-0.2, -0.15) is 0 Å². The van der Waals surface area contributed by atoms with E-state index in [4.69, 9.17) is 4.74 Å². The minimum Gasteiger partial charge on any atom is -0.497 e. The third kappa shape index (κ3) is 3.35. The van der Waals surface area contributed by atoms with E-state index in [2.05, 4.69) is 20.9 Å². The Labute approximate surface area is 125 Å². The molecule has 3 nitrogen and oxygen atoms in total. The summed E-state index contributed by atoms with van der Waals surface area (Å²) in [6.07, 6.45) is 2.90. The highest BCUT2D eigenvalue weighted by atomic mass is 79.9. The summed E-state index contributed by atoms with van der Waals surface area (Å²) in [5.74, 6) is 0.240. The van der Waals surface area contributed by atoms with Gasteiger partial charge in [0.2, 0.25) is 0 Å². The molecule has 1 unspecified atom stereocenters. The maximum atomic E-state index is 13.2.